The Bertz CT molecular complexity index is 1350. The number of nitrogens with zero attached hydrogens (tertiary/aromatic N) is 2. The number of para-hydroxylation sites is 1. The van der Waals surface area contributed by atoms with E-state index in [9.17, 15) is 8.42 Å². The molecule has 5 nitrogen and oxygen atoms in total. The molecule has 6 heteroatoms. The van der Waals surface area contributed by atoms with Gasteiger partial charge in [-0.2, -0.15) is 0 Å². The number of rotatable bonds is 6. The van der Waals surface area contributed by atoms with E-state index in [-0.39, 0.29) is 4.90 Å². The summed E-state index contributed by atoms with van der Waals surface area (Å²) in [7, 11) is 3.73. The molecule has 0 bridgehead atoms. The van der Waals surface area contributed by atoms with Crippen LogP contribution in [0.15, 0.2) is 77.7 Å². The molecule has 1 aromatic heterocycles. The molecule has 4 aromatic rings. The van der Waals surface area contributed by atoms with Crippen LogP contribution in [-0.2, 0) is 16.9 Å². The van der Waals surface area contributed by atoms with Gasteiger partial charge in [0.1, 0.15) is 11.0 Å². The molecule has 4 rings (SSSR count). The van der Waals surface area contributed by atoms with Crippen LogP contribution in [0.3, 0.4) is 0 Å². The second-order valence-electron chi connectivity index (χ2n) is 8.16. The Hall–Kier alpha value is -3.25. The Balaban J connectivity index is 1.99. The van der Waals surface area contributed by atoms with E-state index in [1.54, 1.807) is 31.4 Å². The molecule has 1 unspecified atom stereocenters. The van der Waals surface area contributed by atoms with Gasteiger partial charge in [-0.25, -0.2) is 8.42 Å². The maximum atomic E-state index is 14.1. The van der Waals surface area contributed by atoms with Crippen molar-refractivity contribution >= 4 is 26.4 Å². The van der Waals surface area contributed by atoms with Crippen LogP contribution in [0, 0.1) is 6.92 Å². The molecule has 1 atom stereocenters. The maximum absolute atomic E-state index is 14.1. The molecule has 32 heavy (non-hydrogen) atoms. The van der Waals surface area contributed by atoms with Gasteiger partial charge >= 0.3 is 0 Å². The van der Waals surface area contributed by atoms with E-state index in [1.165, 1.54) is 0 Å². The SMILES string of the molecule is COc1ccc(S(=O)(=O)C(c2ccc(N(C)C)cc2)c2c(C)n(C)c3ccccc23)cc1. The van der Waals surface area contributed by atoms with E-state index in [0.29, 0.717) is 5.75 Å². The van der Waals surface area contributed by atoms with Crippen molar-refractivity contribution in [3.8, 4) is 5.75 Å². The lowest BCUT2D eigenvalue weighted by Crippen LogP contribution is -2.17. The summed E-state index contributed by atoms with van der Waals surface area (Å²) in [5, 5.41) is 0.115. The molecule has 1 heterocycles. The van der Waals surface area contributed by atoms with Gasteiger partial charge in [0.15, 0.2) is 9.84 Å². The summed E-state index contributed by atoms with van der Waals surface area (Å²) >= 11 is 0. The number of hydrogen-bond donors (Lipinski definition) is 0. The van der Waals surface area contributed by atoms with E-state index in [0.717, 1.165) is 33.4 Å². The Labute approximate surface area is 189 Å². The first-order valence-electron chi connectivity index (χ1n) is 10.4. The average Bonchev–Trinajstić information content (AvgIpc) is 3.05. The minimum Gasteiger partial charge on any atom is -0.497 e. The molecule has 0 saturated carbocycles. The lowest BCUT2D eigenvalue weighted by Gasteiger charge is -2.21. The highest BCUT2D eigenvalue weighted by atomic mass is 32.2. The van der Waals surface area contributed by atoms with Crippen LogP contribution in [0.1, 0.15) is 22.1 Å². The first kappa shape index (κ1) is 22.0. The van der Waals surface area contributed by atoms with E-state index >= 15 is 0 Å². The number of benzene rings is 3. The fourth-order valence-electron chi connectivity index (χ4n) is 4.23. The number of methoxy groups -OCH3 is 1. The predicted octanol–water partition coefficient (Wildman–Crippen LogP) is 5.12. The molecule has 0 fully saturated rings. The van der Waals surface area contributed by atoms with E-state index < -0.39 is 15.1 Å². The summed E-state index contributed by atoms with van der Waals surface area (Å²) in [6, 6.07) is 22.3. The van der Waals surface area contributed by atoms with Crippen LogP contribution in [0.4, 0.5) is 5.69 Å². The Morgan fingerprint density at radius 1 is 0.906 bits per heavy atom. The van der Waals surface area contributed by atoms with Crippen LogP contribution in [-0.4, -0.2) is 34.2 Å². The largest absolute Gasteiger partial charge is 0.497 e. The minimum absolute atomic E-state index is 0.271. The summed E-state index contributed by atoms with van der Waals surface area (Å²) in [6.07, 6.45) is 0. The predicted molar refractivity (Wildman–Crippen MR) is 130 cm³/mol. The molecule has 0 aliphatic carbocycles. The first-order chi connectivity index (χ1) is 15.3. The number of anilines is 1. The van der Waals surface area contributed by atoms with Crippen LogP contribution in [0.25, 0.3) is 10.9 Å². The van der Waals surface area contributed by atoms with Gasteiger partial charge in [-0.05, 0) is 55.0 Å². The van der Waals surface area contributed by atoms with E-state index in [4.69, 9.17) is 4.74 Å². The van der Waals surface area contributed by atoms with Crippen LogP contribution in [0.5, 0.6) is 5.75 Å². The van der Waals surface area contributed by atoms with Crippen LogP contribution < -0.4 is 9.64 Å². The standard InChI is InChI=1S/C26H28N2O3S/c1-18-25(23-8-6-7-9-24(23)28(18)4)26(19-10-12-20(13-11-19)27(2)3)32(29,30)22-16-14-21(31-5)15-17-22/h6-17,26H,1-5H3. The molecule has 0 N–H and O–H groups in total. The molecule has 166 valence electrons. The van der Waals surface area contributed by atoms with Crippen molar-refractivity contribution in [3.05, 3.63) is 89.6 Å². The van der Waals surface area contributed by atoms with E-state index in [2.05, 4.69) is 4.57 Å². The van der Waals surface area contributed by atoms with Crippen molar-refractivity contribution < 1.29 is 13.2 Å². The fourth-order valence-corrected chi connectivity index (χ4v) is 6.14. The van der Waals surface area contributed by atoms with Gasteiger partial charge in [-0.15, -0.1) is 0 Å². The number of hydrogen-bond acceptors (Lipinski definition) is 4. The topological polar surface area (TPSA) is 51.5 Å². The highest BCUT2D eigenvalue weighted by Crippen LogP contribution is 2.41. The van der Waals surface area contributed by atoms with Gasteiger partial charge in [-0.3, -0.25) is 0 Å². The minimum atomic E-state index is -3.75. The molecule has 0 saturated heterocycles. The first-order valence-corrected chi connectivity index (χ1v) is 12.0. The van der Waals surface area contributed by atoms with Gasteiger partial charge in [-0.1, -0.05) is 30.3 Å². The summed E-state index contributed by atoms with van der Waals surface area (Å²) in [4.78, 5) is 2.27. The number of aryl methyl sites for hydroxylation is 1. The zero-order valence-electron chi connectivity index (χ0n) is 19.0. The average molecular weight is 449 g/mol. The van der Waals surface area contributed by atoms with Crippen molar-refractivity contribution in [2.45, 2.75) is 17.1 Å². The van der Waals surface area contributed by atoms with Gasteiger partial charge in [0.25, 0.3) is 0 Å². The summed E-state index contributed by atoms with van der Waals surface area (Å²) < 4.78 is 35.5. The molecular formula is C26H28N2O3S. The number of ether oxygens (including phenoxy) is 1. The zero-order valence-corrected chi connectivity index (χ0v) is 19.8. The van der Waals surface area contributed by atoms with Crippen molar-refractivity contribution in [2.75, 3.05) is 26.1 Å². The van der Waals surface area contributed by atoms with Crippen LogP contribution >= 0.6 is 0 Å². The van der Waals surface area contributed by atoms with Crippen molar-refractivity contribution in [2.24, 2.45) is 7.05 Å². The smallest absolute Gasteiger partial charge is 0.189 e. The second-order valence-corrected chi connectivity index (χ2v) is 10.2. The van der Waals surface area contributed by atoms with Gasteiger partial charge in [0.05, 0.1) is 12.0 Å². The molecule has 0 amide bonds. The van der Waals surface area contributed by atoms with Crippen molar-refractivity contribution in [1.82, 2.24) is 4.57 Å². The fraction of sp³-hybridized carbons (Fsp3) is 0.231. The van der Waals surface area contributed by atoms with Gasteiger partial charge in [0, 0.05) is 49.0 Å². The summed E-state index contributed by atoms with van der Waals surface area (Å²) in [6.45, 7) is 1.99. The van der Waals surface area contributed by atoms with Crippen LogP contribution in [0.2, 0.25) is 0 Å². The number of sulfone groups is 1. The van der Waals surface area contributed by atoms with Crippen molar-refractivity contribution in [1.29, 1.82) is 0 Å². The molecule has 0 radical (unpaired) electrons. The lowest BCUT2D eigenvalue weighted by atomic mass is 10.0. The summed E-state index contributed by atoms with van der Waals surface area (Å²) in [5.41, 5.74) is 4.52. The number of fused-ring (bicyclic) bond motifs is 1. The molecular weight excluding hydrogens is 420 g/mol. The lowest BCUT2D eigenvalue weighted by molar-refractivity contribution is 0.414. The third-order valence-corrected chi connectivity index (χ3v) is 8.18. The maximum Gasteiger partial charge on any atom is 0.189 e. The highest BCUT2D eigenvalue weighted by molar-refractivity contribution is 7.92. The molecule has 3 aromatic carbocycles. The highest BCUT2D eigenvalue weighted by Gasteiger charge is 2.34. The van der Waals surface area contributed by atoms with E-state index in [1.807, 2.05) is 81.5 Å². The molecule has 0 spiro atoms. The second kappa shape index (κ2) is 8.36. The Morgan fingerprint density at radius 3 is 2.12 bits per heavy atom. The normalized spacial score (nSPS) is 12.7. The molecule has 0 aliphatic heterocycles. The van der Waals surface area contributed by atoms with Gasteiger partial charge in [0.2, 0.25) is 0 Å². The van der Waals surface area contributed by atoms with Crippen molar-refractivity contribution in [3.63, 3.8) is 0 Å². The number of aromatic nitrogens is 1. The quantitative estimate of drug-likeness (QED) is 0.411. The van der Waals surface area contributed by atoms with Gasteiger partial charge < -0.3 is 14.2 Å². The summed E-state index contributed by atoms with van der Waals surface area (Å²) in [5.74, 6) is 0.622. The molecule has 0 aliphatic rings. The third-order valence-electron chi connectivity index (χ3n) is 6.12. The zero-order chi connectivity index (χ0) is 23.0. The Morgan fingerprint density at radius 2 is 1.53 bits per heavy atom. The third kappa shape index (κ3) is 3.65. The Kier molecular flexibility index (Phi) is 5.73. The monoisotopic (exact) mass is 448 g/mol.